The summed E-state index contributed by atoms with van der Waals surface area (Å²) < 4.78 is 1.87. The number of nitrogens with one attached hydrogen (secondary N) is 1. The van der Waals surface area contributed by atoms with Crippen molar-refractivity contribution in [2.45, 2.75) is 19.0 Å². The SMILES string of the molecule is CN(C)[C@H](CNC(=O)c1ccc(Cn2nnc3ccccc32)cc1)Cc1ccccc1. The third kappa shape index (κ3) is 5.16. The number of nitrogens with zero attached hydrogens (tertiary/aromatic N) is 4. The van der Waals surface area contributed by atoms with Crippen LogP contribution in [0.4, 0.5) is 0 Å². The molecule has 0 spiro atoms. The molecule has 1 N–H and O–H groups in total. The van der Waals surface area contributed by atoms with Gasteiger partial charge in [0.05, 0.1) is 12.1 Å². The molecule has 158 valence electrons. The Hall–Kier alpha value is -3.51. The number of likely N-dealkylation sites (N-methyl/N-ethyl adjacent to an activating group) is 1. The van der Waals surface area contributed by atoms with Gasteiger partial charge < -0.3 is 10.2 Å². The molecule has 3 aromatic carbocycles. The standard InChI is InChI=1S/C25H27N5O/c1-29(2)22(16-19-8-4-3-5-9-19)17-26-25(31)21-14-12-20(13-15-21)18-30-24-11-7-6-10-23(24)27-28-30/h3-15,22H,16-18H2,1-2H3,(H,26,31)/t22-/m0/s1. The van der Waals surface area contributed by atoms with Gasteiger partial charge in [-0.05, 0) is 55.9 Å². The van der Waals surface area contributed by atoms with Crippen molar-refractivity contribution < 1.29 is 4.79 Å². The van der Waals surface area contributed by atoms with Gasteiger partial charge in [0, 0.05) is 18.2 Å². The quantitative estimate of drug-likeness (QED) is 0.481. The lowest BCUT2D eigenvalue weighted by atomic mass is 10.0. The molecule has 0 aliphatic carbocycles. The van der Waals surface area contributed by atoms with Crippen LogP contribution in [-0.2, 0) is 13.0 Å². The Morgan fingerprint density at radius 1 is 0.935 bits per heavy atom. The zero-order valence-electron chi connectivity index (χ0n) is 17.9. The summed E-state index contributed by atoms with van der Waals surface area (Å²) >= 11 is 0. The first-order chi connectivity index (χ1) is 15.1. The number of fused-ring (bicyclic) bond motifs is 1. The van der Waals surface area contributed by atoms with Crippen LogP contribution in [0.1, 0.15) is 21.5 Å². The average Bonchev–Trinajstić information content (AvgIpc) is 3.20. The van der Waals surface area contributed by atoms with E-state index in [0.717, 1.165) is 23.0 Å². The zero-order chi connectivity index (χ0) is 21.6. The lowest BCUT2D eigenvalue weighted by Gasteiger charge is -2.24. The van der Waals surface area contributed by atoms with E-state index in [4.69, 9.17) is 0 Å². The van der Waals surface area contributed by atoms with E-state index in [1.165, 1.54) is 5.56 Å². The number of hydrogen-bond donors (Lipinski definition) is 1. The molecule has 1 aromatic heterocycles. The number of rotatable bonds is 8. The van der Waals surface area contributed by atoms with Crippen LogP contribution < -0.4 is 5.32 Å². The van der Waals surface area contributed by atoms with Crippen LogP contribution in [0.25, 0.3) is 11.0 Å². The van der Waals surface area contributed by atoms with Crippen LogP contribution in [0.15, 0.2) is 78.9 Å². The van der Waals surface area contributed by atoms with Crippen molar-refractivity contribution in [3.05, 3.63) is 95.6 Å². The van der Waals surface area contributed by atoms with Gasteiger partial charge in [-0.2, -0.15) is 0 Å². The van der Waals surface area contributed by atoms with Crippen LogP contribution in [0.2, 0.25) is 0 Å². The molecule has 31 heavy (non-hydrogen) atoms. The Morgan fingerprint density at radius 3 is 2.39 bits per heavy atom. The fourth-order valence-electron chi connectivity index (χ4n) is 3.60. The molecule has 1 heterocycles. The number of carbonyl (C=O) groups is 1. The highest BCUT2D eigenvalue weighted by Gasteiger charge is 2.14. The molecule has 0 fully saturated rings. The van der Waals surface area contributed by atoms with Gasteiger partial charge in [0.1, 0.15) is 5.52 Å². The van der Waals surface area contributed by atoms with Crippen LogP contribution in [0.5, 0.6) is 0 Å². The molecule has 0 bridgehead atoms. The Balaban J connectivity index is 1.36. The predicted molar refractivity (Wildman–Crippen MR) is 123 cm³/mol. The van der Waals surface area contributed by atoms with E-state index in [0.29, 0.717) is 18.7 Å². The van der Waals surface area contributed by atoms with Crippen molar-refractivity contribution in [1.82, 2.24) is 25.2 Å². The highest BCUT2D eigenvalue weighted by atomic mass is 16.1. The summed E-state index contributed by atoms with van der Waals surface area (Å²) in [5.41, 5.74) is 4.87. The summed E-state index contributed by atoms with van der Waals surface area (Å²) in [6.45, 7) is 1.20. The summed E-state index contributed by atoms with van der Waals surface area (Å²) in [5.74, 6) is -0.0577. The van der Waals surface area contributed by atoms with E-state index in [1.807, 2.05) is 85.5 Å². The molecule has 0 unspecified atom stereocenters. The van der Waals surface area contributed by atoms with Crippen molar-refractivity contribution in [2.75, 3.05) is 20.6 Å². The fourth-order valence-corrected chi connectivity index (χ4v) is 3.60. The highest BCUT2D eigenvalue weighted by Crippen LogP contribution is 2.13. The Labute approximate surface area is 182 Å². The Bertz CT molecular complexity index is 1140. The minimum Gasteiger partial charge on any atom is -0.350 e. The molecule has 0 saturated carbocycles. The van der Waals surface area contributed by atoms with Gasteiger partial charge in [-0.15, -0.1) is 5.10 Å². The summed E-state index contributed by atoms with van der Waals surface area (Å²) in [6, 6.07) is 26.1. The van der Waals surface area contributed by atoms with E-state index >= 15 is 0 Å². The van der Waals surface area contributed by atoms with Crippen LogP contribution >= 0.6 is 0 Å². The number of amides is 1. The zero-order valence-corrected chi connectivity index (χ0v) is 17.9. The molecular formula is C25H27N5O. The molecule has 0 aliphatic heterocycles. The van der Waals surface area contributed by atoms with Crippen LogP contribution in [0, 0.1) is 0 Å². The largest absolute Gasteiger partial charge is 0.350 e. The predicted octanol–water partition coefficient (Wildman–Crippen LogP) is 3.38. The number of benzene rings is 3. The molecular weight excluding hydrogens is 386 g/mol. The van der Waals surface area contributed by atoms with Crippen molar-refractivity contribution >= 4 is 16.9 Å². The monoisotopic (exact) mass is 413 g/mol. The molecule has 6 heteroatoms. The summed E-state index contributed by atoms with van der Waals surface area (Å²) in [5, 5.41) is 11.5. The van der Waals surface area contributed by atoms with Crippen molar-refractivity contribution in [3.63, 3.8) is 0 Å². The summed E-state index contributed by atoms with van der Waals surface area (Å²) in [4.78, 5) is 14.8. The van der Waals surface area contributed by atoms with Gasteiger partial charge in [-0.3, -0.25) is 4.79 Å². The minimum absolute atomic E-state index is 0.0577. The van der Waals surface area contributed by atoms with E-state index in [1.54, 1.807) is 0 Å². The molecule has 0 saturated heterocycles. The maximum absolute atomic E-state index is 12.7. The van der Waals surface area contributed by atoms with E-state index in [2.05, 4.69) is 32.7 Å². The van der Waals surface area contributed by atoms with Gasteiger partial charge in [0.25, 0.3) is 5.91 Å². The highest BCUT2D eigenvalue weighted by molar-refractivity contribution is 5.94. The third-order valence-electron chi connectivity index (χ3n) is 5.51. The maximum atomic E-state index is 12.7. The smallest absolute Gasteiger partial charge is 0.251 e. The van der Waals surface area contributed by atoms with Gasteiger partial charge in [-0.1, -0.05) is 59.8 Å². The van der Waals surface area contributed by atoms with Gasteiger partial charge in [0.2, 0.25) is 0 Å². The minimum atomic E-state index is -0.0577. The lowest BCUT2D eigenvalue weighted by Crippen LogP contribution is -2.41. The number of aromatic nitrogens is 3. The van der Waals surface area contributed by atoms with E-state index < -0.39 is 0 Å². The first-order valence-electron chi connectivity index (χ1n) is 10.5. The van der Waals surface area contributed by atoms with Crippen LogP contribution in [-0.4, -0.2) is 52.5 Å². The normalized spacial score (nSPS) is 12.2. The topological polar surface area (TPSA) is 63.1 Å². The van der Waals surface area contributed by atoms with E-state index in [9.17, 15) is 4.79 Å². The lowest BCUT2D eigenvalue weighted by molar-refractivity contribution is 0.0941. The second-order valence-corrected chi connectivity index (χ2v) is 7.95. The second-order valence-electron chi connectivity index (χ2n) is 7.95. The van der Waals surface area contributed by atoms with Gasteiger partial charge >= 0.3 is 0 Å². The van der Waals surface area contributed by atoms with Gasteiger partial charge in [0.15, 0.2) is 0 Å². The Morgan fingerprint density at radius 2 is 1.65 bits per heavy atom. The van der Waals surface area contributed by atoms with Crippen molar-refractivity contribution in [3.8, 4) is 0 Å². The van der Waals surface area contributed by atoms with Crippen molar-refractivity contribution in [2.24, 2.45) is 0 Å². The van der Waals surface area contributed by atoms with E-state index in [-0.39, 0.29) is 11.9 Å². The molecule has 0 radical (unpaired) electrons. The van der Waals surface area contributed by atoms with Crippen LogP contribution in [0.3, 0.4) is 0 Å². The molecule has 0 aliphatic rings. The molecule has 4 rings (SSSR count). The first-order valence-corrected chi connectivity index (χ1v) is 10.5. The number of carbonyl (C=O) groups excluding carboxylic acids is 1. The molecule has 6 nitrogen and oxygen atoms in total. The van der Waals surface area contributed by atoms with Crippen molar-refractivity contribution in [1.29, 1.82) is 0 Å². The number of hydrogen-bond acceptors (Lipinski definition) is 4. The second kappa shape index (κ2) is 9.53. The fraction of sp³-hybridized carbons (Fsp3) is 0.240. The molecule has 4 aromatic rings. The molecule has 1 atom stereocenters. The third-order valence-corrected chi connectivity index (χ3v) is 5.51. The summed E-state index contributed by atoms with van der Waals surface area (Å²) in [7, 11) is 4.09. The van der Waals surface area contributed by atoms with Gasteiger partial charge in [-0.25, -0.2) is 4.68 Å². The molecule has 1 amide bonds. The average molecular weight is 414 g/mol. The number of para-hydroxylation sites is 1. The summed E-state index contributed by atoms with van der Waals surface area (Å²) in [6.07, 6.45) is 0.888. The Kier molecular flexibility index (Phi) is 6.38. The first kappa shape index (κ1) is 20.8. The maximum Gasteiger partial charge on any atom is 0.251 e.